The van der Waals surface area contributed by atoms with Gasteiger partial charge in [-0.05, 0) is 37.3 Å². The van der Waals surface area contributed by atoms with Crippen LogP contribution in [0.1, 0.15) is 64.8 Å². The molecule has 0 aliphatic carbocycles. The van der Waals surface area contributed by atoms with Gasteiger partial charge in [-0.15, -0.1) is 0 Å². The molecule has 6 nitrogen and oxygen atoms in total. The Morgan fingerprint density at radius 2 is 1.70 bits per heavy atom. The molecule has 0 aliphatic heterocycles. The van der Waals surface area contributed by atoms with Crippen LogP contribution >= 0.6 is 0 Å². The zero-order chi connectivity index (χ0) is 20.0. The molecule has 0 bridgehead atoms. The summed E-state index contributed by atoms with van der Waals surface area (Å²) in [6, 6.07) is 4.47. The van der Waals surface area contributed by atoms with E-state index in [0.29, 0.717) is 17.8 Å². The fourth-order valence-corrected chi connectivity index (χ4v) is 3.00. The molecule has 0 spiro atoms. The van der Waals surface area contributed by atoms with Crippen molar-refractivity contribution in [3.05, 3.63) is 23.5 Å². The van der Waals surface area contributed by atoms with Gasteiger partial charge in [-0.1, -0.05) is 34.6 Å². The number of ether oxygens (including phenoxy) is 1. The summed E-state index contributed by atoms with van der Waals surface area (Å²) >= 11 is 0. The van der Waals surface area contributed by atoms with Crippen LogP contribution in [-0.4, -0.2) is 35.2 Å². The van der Waals surface area contributed by atoms with Crippen molar-refractivity contribution >= 4 is 11.6 Å². The minimum Gasteiger partial charge on any atom is -0.479 e. The highest BCUT2D eigenvalue weighted by atomic mass is 16.5. The average Bonchev–Trinajstić information content (AvgIpc) is 2.70. The van der Waals surface area contributed by atoms with Gasteiger partial charge in [0.1, 0.15) is 11.5 Å². The van der Waals surface area contributed by atoms with E-state index in [2.05, 4.69) is 45.3 Å². The molecule has 0 saturated heterocycles. The molecule has 6 heteroatoms. The van der Waals surface area contributed by atoms with E-state index in [9.17, 15) is 0 Å². The minimum atomic E-state index is 0.358. The average molecular weight is 372 g/mol. The van der Waals surface area contributed by atoms with Gasteiger partial charge >= 0.3 is 0 Å². The molecule has 148 valence electrons. The molecular formula is C21H33N5O. The van der Waals surface area contributed by atoms with Gasteiger partial charge in [0.05, 0.1) is 12.8 Å². The zero-order valence-electron chi connectivity index (χ0n) is 17.7. The number of anilines is 2. The molecule has 0 atom stereocenters. The van der Waals surface area contributed by atoms with E-state index in [-0.39, 0.29) is 0 Å². The molecule has 0 aliphatic rings. The lowest BCUT2D eigenvalue weighted by atomic mass is 10.1. The first-order chi connectivity index (χ1) is 13.0. The van der Waals surface area contributed by atoms with Crippen LogP contribution in [0.3, 0.4) is 0 Å². The predicted molar refractivity (Wildman–Crippen MR) is 113 cm³/mol. The first-order valence-electron chi connectivity index (χ1n) is 9.89. The summed E-state index contributed by atoms with van der Waals surface area (Å²) < 4.78 is 5.60. The van der Waals surface area contributed by atoms with Crippen molar-refractivity contribution in [2.45, 2.75) is 65.8 Å². The maximum absolute atomic E-state index is 5.60. The van der Waals surface area contributed by atoms with Crippen LogP contribution in [0.2, 0.25) is 0 Å². The minimum absolute atomic E-state index is 0.358. The highest BCUT2D eigenvalue weighted by Gasteiger charge is 2.20. The maximum atomic E-state index is 5.60. The van der Waals surface area contributed by atoms with Gasteiger partial charge < -0.3 is 15.4 Å². The van der Waals surface area contributed by atoms with E-state index < -0.39 is 0 Å². The third kappa shape index (κ3) is 4.67. The van der Waals surface area contributed by atoms with Crippen molar-refractivity contribution in [1.82, 2.24) is 15.0 Å². The summed E-state index contributed by atoms with van der Waals surface area (Å²) in [6.45, 7) is 10.7. The molecule has 27 heavy (non-hydrogen) atoms. The summed E-state index contributed by atoms with van der Waals surface area (Å²) in [5, 5.41) is 6.71. The Kier molecular flexibility index (Phi) is 7.39. The quantitative estimate of drug-likeness (QED) is 0.655. The van der Waals surface area contributed by atoms with E-state index in [1.54, 1.807) is 7.11 Å². The van der Waals surface area contributed by atoms with Crippen LogP contribution in [0.15, 0.2) is 12.1 Å². The zero-order valence-corrected chi connectivity index (χ0v) is 17.7. The number of rotatable bonds is 9. The van der Waals surface area contributed by atoms with E-state index in [1.165, 1.54) is 0 Å². The number of hydrogen-bond donors (Lipinski definition) is 2. The van der Waals surface area contributed by atoms with E-state index >= 15 is 0 Å². The van der Waals surface area contributed by atoms with Gasteiger partial charge in [-0.25, -0.2) is 9.97 Å². The first kappa shape index (κ1) is 20.9. The number of nitrogens with one attached hydrogen (secondary N) is 2. The van der Waals surface area contributed by atoms with Gasteiger partial charge in [0.2, 0.25) is 5.88 Å². The fraction of sp³-hybridized carbons (Fsp3) is 0.571. The van der Waals surface area contributed by atoms with Crippen LogP contribution in [-0.2, 0) is 6.42 Å². The highest BCUT2D eigenvalue weighted by molar-refractivity contribution is 5.76. The van der Waals surface area contributed by atoms with Crippen molar-refractivity contribution in [1.29, 1.82) is 0 Å². The lowest BCUT2D eigenvalue weighted by molar-refractivity contribution is 0.397. The molecule has 0 unspecified atom stereocenters. The van der Waals surface area contributed by atoms with Gasteiger partial charge in [0.25, 0.3) is 0 Å². The van der Waals surface area contributed by atoms with E-state index in [0.717, 1.165) is 53.5 Å². The number of methoxy groups -OCH3 is 1. The van der Waals surface area contributed by atoms with Gasteiger partial charge in [0.15, 0.2) is 5.82 Å². The summed E-state index contributed by atoms with van der Waals surface area (Å²) in [5.41, 5.74) is 3.59. The normalized spacial score (nSPS) is 11.1. The van der Waals surface area contributed by atoms with Crippen molar-refractivity contribution in [3.8, 4) is 17.1 Å². The lowest BCUT2D eigenvalue weighted by Crippen LogP contribution is -2.20. The third-order valence-electron chi connectivity index (χ3n) is 4.79. The van der Waals surface area contributed by atoms with Crippen LogP contribution in [0.4, 0.5) is 11.6 Å². The van der Waals surface area contributed by atoms with Gasteiger partial charge in [0, 0.05) is 24.3 Å². The van der Waals surface area contributed by atoms with Crippen molar-refractivity contribution in [2.75, 3.05) is 24.8 Å². The Balaban J connectivity index is 2.57. The first-order valence-corrected chi connectivity index (χ1v) is 9.89. The Bertz CT molecular complexity index is 756. The second-order valence-corrected chi connectivity index (χ2v) is 6.93. The molecule has 2 rings (SSSR count). The van der Waals surface area contributed by atoms with Crippen molar-refractivity contribution in [3.63, 3.8) is 0 Å². The third-order valence-corrected chi connectivity index (χ3v) is 4.79. The molecule has 0 aromatic carbocycles. The topological polar surface area (TPSA) is 72.0 Å². The van der Waals surface area contributed by atoms with Crippen LogP contribution in [0.25, 0.3) is 11.3 Å². The van der Waals surface area contributed by atoms with Gasteiger partial charge in [-0.3, -0.25) is 0 Å². The summed E-state index contributed by atoms with van der Waals surface area (Å²) in [5.74, 6) is 2.47. The molecule has 2 aromatic heterocycles. The summed E-state index contributed by atoms with van der Waals surface area (Å²) in [6.07, 6.45) is 2.87. The Hall–Kier alpha value is -2.37. The van der Waals surface area contributed by atoms with Crippen LogP contribution in [0.5, 0.6) is 5.88 Å². The van der Waals surface area contributed by atoms with Crippen molar-refractivity contribution < 1.29 is 4.74 Å². The second kappa shape index (κ2) is 9.53. The lowest BCUT2D eigenvalue weighted by Gasteiger charge is -2.20. The molecular weight excluding hydrogens is 338 g/mol. The summed E-state index contributed by atoms with van der Waals surface area (Å²) in [7, 11) is 3.51. The SMILES string of the molecule is CCc1nc(-c2ccc(C(C)C)nc2NC)c(OC)nc1NC(CC)CC. The number of nitrogens with zero attached hydrogens (tertiary/aromatic N) is 3. The molecule has 0 amide bonds. The van der Waals surface area contributed by atoms with Crippen LogP contribution < -0.4 is 15.4 Å². The Labute approximate surface area is 163 Å². The highest BCUT2D eigenvalue weighted by Crippen LogP contribution is 2.34. The Morgan fingerprint density at radius 3 is 2.22 bits per heavy atom. The monoisotopic (exact) mass is 371 g/mol. The standard InChI is InChI=1S/C21H33N5O/c1-8-14(9-2)23-20-16(10-3)24-18(21(26-20)27-7)15-11-12-17(13(4)5)25-19(15)22-6/h11-14H,8-10H2,1-7H3,(H,22,25)(H,23,26). The van der Waals surface area contributed by atoms with Crippen LogP contribution in [0, 0.1) is 0 Å². The number of hydrogen-bond acceptors (Lipinski definition) is 6. The number of aromatic nitrogens is 3. The molecule has 0 saturated carbocycles. The molecule has 0 fully saturated rings. The smallest absolute Gasteiger partial charge is 0.242 e. The number of pyridine rings is 1. The molecule has 2 heterocycles. The summed E-state index contributed by atoms with van der Waals surface area (Å²) in [4.78, 5) is 14.4. The number of aryl methyl sites for hydroxylation is 1. The van der Waals surface area contributed by atoms with Crippen molar-refractivity contribution in [2.24, 2.45) is 0 Å². The largest absolute Gasteiger partial charge is 0.479 e. The molecule has 0 radical (unpaired) electrons. The second-order valence-electron chi connectivity index (χ2n) is 6.93. The Morgan fingerprint density at radius 1 is 1.00 bits per heavy atom. The van der Waals surface area contributed by atoms with E-state index in [4.69, 9.17) is 19.7 Å². The molecule has 2 aromatic rings. The fourth-order valence-electron chi connectivity index (χ4n) is 3.00. The predicted octanol–water partition coefficient (Wildman–Crippen LogP) is 4.88. The molecule has 2 N–H and O–H groups in total. The van der Waals surface area contributed by atoms with E-state index in [1.807, 2.05) is 19.2 Å². The van der Waals surface area contributed by atoms with Gasteiger partial charge in [-0.2, -0.15) is 4.98 Å². The maximum Gasteiger partial charge on any atom is 0.242 e.